The summed E-state index contributed by atoms with van der Waals surface area (Å²) >= 11 is 0. The molecule has 0 aliphatic rings. The molecule has 0 unspecified atom stereocenters. The van der Waals surface area contributed by atoms with Gasteiger partial charge in [-0.05, 0) is 25.1 Å². The van der Waals surface area contributed by atoms with Crippen molar-refractivity contribution in [3.63, 3.8) is 0 Å². The molecule has 0 radical (unpaired) electrons. The number of terminal acetylenes is 1. The average molecular weight is 426 g/mol. The molecule has 0 spiro atoms. The zero-order valence-corrected chi connectivity index (χ0v) is 18.2. The third kappa shape index (κ3) is 5.71. The molecule has 2 rings (SSSR count). The van der Waals surface area contributed by atoms with Crippen LogP contribution < -0.4 is 31.8 Å². The van der Waals surface area contributed by atoms with Crippen molar-refractivity contribution < 1.29 is 14.3 Å². The first-order valence-electron chi connectivity index (χ1n) is 9.49. The predicted molar refractivity (Wildman–Crippen MR) is 120 cm³/mol. The predicted octanol–water partition coefficient (Wildman–Crippen LogP) is 1.28. The van der Waals surface area contributed by atoms with E-state index in [0.29, 0.717) is 17.1 Å². The maximum atomic E-state index is 12.5. The van der Waals surface area contributed by atoms with Crippen LogP contribution in [0.2, 0.25) is 0 Å². The Morgan fingerprint density at radius 1 is 1.16 bits per heavy atom. The molecular weight excluding hydrogens is 400 g/mol. The monoisotopic (exact) mass is 426 g/mol. The Bertz CT molecular complexity index is 1160. The van der Waals surface area contributed by atoms with Gasteiger partial charge in [0.2, 0.25) is 0 Å². The summed E-state index contributed by atoms with van der Waals surface area (Å²) in [5.74, 6) is 7.28. The van der Waals surface area contributed by atoms with Gasteiger partial charge >= 0.3 is 11.6 Å². The van der Waals surface area contributed by atoms with Gasteiger partial charge in [0.25, 0.3) is 5.56 Å². The van der Waals surface area contributed by atoms with Crippen LogP contribution in [0.25, 0.3) is 0 Å². The minimum atomic E-state index is -0.795. The van der Waals surface area contributed by atoms with Gasteiger partial charge in [-0.3, -0.25) is 14.2 Å². The molecule has 0 saturated carbocycles. The van der Waals surface area contributed by atoms with Gasteiger partial charge in [-0.2, -0.15) is 0 Å². The number of aromatic nitrogens is 2. The lowest BCUT2D eigenvalue weighted by molar-refractivity contribution is -0.111. The summed E-state index contributed by atoms with van der Waals surface area (Å²) in [6.07, 6.45) is 5.22. The number of amides is 1. The molecule has 2 aromatic rings. The van der Waals surface area contributed by atoms with Crippen molar-refractivity contribution in [1.82, 2.24) is 9.13 Å². The van der Waals surface area contributed by atoms with Crippen LogP contribution in [0.5, 0.6) is 11.5 Å². The van der Waals surface area contributed by atoms with Crippen molar-refractivity contribution in [3.05, 3.63) is 44.6 Å². The smallest absolute Gasteiger partial charge is 0.333 e. The number of carbonyl (C=O) groups is 1. The van der Waals surface area contributed by atoms with Crippen molar-refractivity contribution >= 4 is 17.4 Å². The number of methoxy groups -OCH3 is 2. The maximum Gasteiger partial charge on any atom is 0.333 e. The Morgan fingerprint density at radius 2 is 1.81 bits per heavy atom. The van der Waals surface area contributed by atoms with Crippen LogP contribution in [-0.2, 0) is 17.9 Å². The Morgan fingerprint density at radius 3 is 2.35 bits per heavy atom. The Kier molecular flexibility index (Phi) is 9.48. The molecule has 0 aliphatic heterocycles. The number of benzene rings is 1. The number of nitrogen functional groups attached to an aromatic ring is 1. The van der Waals surface area contributed by atoms with Gasteiger partial charge in [-0.1, -0.05) is 25.7 Å². The summed E-state index contributed by atoms with van der Waals surface area (Å²) in [6, 6.07) is 4.90. The molecule has 0 fully saturated rings. The van der Waals surface area contributed by atoms with E-state index in [1.807, 2.05) is 13.8 Å². The van der Waals surface area contributed by atoms with E-state index in [-0.39, 0.29) is 24.6 Å². The number of nitrogens with zero attached hydrogens (tertiary/aromatic N) is 2. The van der Waals surface area contributed by atoms with Crippen molar-refractivity contribution in [3.8, 4) is 35.7 Å². The van der Waals surface area contributed by atoms with Gasteiger partial charge in [-0.15, -0.1) is 6.42 Å². The lowest BCUT2D eigenvalue weighted by Gasteiger charge is -2.14. The van der Waals surface area contributed by atoms with Gasteiger partial charge in [0.15, 0.2) is 11.5 Å². The third-order valence-corrected chi connectivity index (χ3v) is 3.98. The fraction of sp³-hybridized carbons (Fsp3) is 0.318. The van der Waals surface area contributed by atoms with Crippen LogP contribution in [0.1, 0.15) is 26.3 Å². The summed E-state index contributed by atoms with van der Waals surface area (Å²) < 4.78 is 12.3. The second-order valence-corrected chi connectivity index (χ2v) is 5.66. The van der Waals surface area contributed by atoms with E-state index in [1.165, 1.54) is 14.2 Å². The number of anilines is 2. The quantitative estimate of drug-likeness (QED) is 0.696. The van der Waals surface area contributed by atoms with E-state index in [1.54, 1.807) is 25.1 Å². The maximum absolute atomic E-state index is 12.5. The van der Waals surface area contributed by atoms with Crippen molar-refractivity contribution in [1.29, 1.82) is 0 Å². The number of nitrogens with two attached hydrogens (primary N) is 1. The van der Waals surface area contributed by atoms with Crippen LogP contribution >= 0.6 is 0 Å². The molecule has 0 bridgehead atoms. The van der Waals surface area contributed by atoms with Crippen LogP contribution in [0, 0.1) is 24.2 Å². The Labute approximate surface area is 180 Å². The largest absolute Gasteiger partial charge is 0.493 e. The summed E-state index contributed by atoms with van der Waals surface area (Å²) in [5, 5.41) is 2.35. The highest BCUT2D eigenvalue weighted by Crippen LogP contribution is 2.27. The van der Waals surface area contributed by atoms with Crippen LogP contribution in [0.3, 0.4) is 0 Å². The summed E-state index contributed by atoms with van der Waals surface area (Å²) in [4.78, 5) is 37.0. The van der Waals surface area contributed by atoms with Crippen LogP contribution in [0.4, 0.5) is 11.5 Å². The second-order valence-electron chi connectivity index (χ2n) is 5.66. The Hall–Kier alpha value is -4.11. The van der Waals surface area contributed by atoms with Gasteiger partial charge in [0.05, 0.1) is 20.8 Å². The van der Waals surface area contributed by atoms with E-state index < -0.39 is 17.2 Å². The van der Waals surface area contributed by atoms with E-state index in [9.17, 15) is 14.4 Å². The van der Waals surface area contributed by atoms with Crippen LogP contribution in [-0.4, -0.2) is 29.3 Å². The number of carbonyl (C=O) groups excluding carboxylic acids is 1. The number of nitrogens with one attached hydrogen (secondary N) is 1. The van der Waals surface area contributed by atoms with E-state index >= 15 is 0 Å². The molecule has 0 atom stereocenters. The number of hydrogen-bond donors (Lipinski definition) is 2. The molecule has 0 aliphatic carbocycles. The van der Waals surface area contributed by atoms with Gasteiger partial charge in [0, 0.05) is 18.0 Å². The second kappa shape index (κ2) is 11.8. The summed E-state index contributed by atoms with van der Waals surface area (Å²) in [5.41, 5.74) is 4.68. The number of ether oxygens (including phenoxy) is 2. The fourth-order valence-electron chi connectivity index (χ4n) is 2.56. The molecular formula is C22H26N4O5. The highest BCUT2D eigenvalue weighted by molar-refractivity contribution is 6.05. The first kappa shape index (κ1) is 24.9. The molecule has 9 heteroatoms. The molecule has 1 heterocycles. The first-order chi connectivity index (χ1) is 14.9. The van der Waals surface area contributed by atoms with E-state index in [0.717, 1.165) is 9.13 Å². The molecule has 3 N–H and O–H groups in total. The SMILES string of the molecule is C#CCn1c(=O)c(NC(=O)C#Cc2ccc(OC)c(OC)c2)c(N)n(CC)c1=O.CC. The minimum absolute atomic E-state index is 0.169. The standard InChI is InChI=1S/C20H20N4O5.C2H6/c1-5-11-24-19(26)17(18(21)23(6-2)20(24)27)22-16(25)10-8-13-7-9-14(28-3)15(12-13)29-4;1-2/h1,7,9,12H,6,11,21H2,2-4H3,(H,22,25);1-2H3. The molecule has 164 valence electrons. The fourth-order valence-corrected chi connectivity index (χ4v) is 2.56. The minimum Gasteiger partial charge on any atom is -0.493 e. The number of hydrogen-bond acceptors (Lipinski definition) is 6. The zero-order chi connectivity index (χ0) is 23.6. The van der Waals surface area contributed by atoms with Crippen LogP contribution in [0.15, 0.2) is 27.8 Å². The normalized spacial score (nSPS) is 9.29. The van der Waals surface area contributed by atoms with Gasteiger partial charge < -0.3 is 20.5 Å². The molecule has 9 nitrogen and oxygen atoms in total. The van der Waals surface area contributed by atoms with Gasteiger partial charge in [0.1, 0.15) is 11.5 Å². The molecule has 31 heavy (non-hydrogen) atoms. The summed E-state index contributed by atoms with van der Waals surface area (Å²) in [6.45, 7) is 5.61. The third-order valence-electron chi connectivity index (χ3n) is 3.98. The molecule has 1 amide bonds. The average Bonchev–Trinajstić information content (AvgIpc) is 2.79. The zero-order valence-electron chi connectivity index (χ0n) is 18.2. The van der Waals surface area contributed by atoms with Crippen molar-refractivity contribution in [2.75, 3.05) is 25.3 Å². The lowest BCUT2D eigenvalue weighted by atomic mass is 10.2. The summed E-state index contributed by atoms with van der Waals surface area (Å²) in [7, 11) is 2.98. The first-order valence-corrected chi connectivity index (χ1v) is 9.49. The molecule has 1 aromatic heterocycles. The van der Waals surface area contributed by atoms with Crippen molar-refractivity contribution in [2.24, 2.45) is 0 Å². The lowest BCUT2D eigenvalue weighted by Crippen LogP contribution is -2.42. The van der Waals surface area contributed by atoms with Crippen molar-refractivity contribution in [2.45, 2.75) is 33.9 Å². The number of rotatable bonds is 5. The highest BCUT2D eigenvalue weighted by atomic mass is 16.5. The topological polar surface area (TPSA) is 118 Å². The van der Waals surface area contributed by atoms with E-state index in [2.05, 4.69) is 23.1 Å². The van der Waals surface area contributed by atoms with E-state index in [4.69, 9.17) is 21.6 Å². The molecule has 1 aromatic carbocycles. The van der Waals surface area contributed by atoms with Gasteiger partial charge in [-0.25, -0.2) is 9.36 Å². The highest BCUT2D eigenvalue weighted by Gasteiger charge is 2.17. The molecule has 0 saturated heterocycles. The Balaban J connectivity index is 0.00000233.